The van der Waals surface area contributed by atoms with Gasteiger partial charge in [0, 0.05) is 5.39 Å². The van der Waals surface area contributed by atoms with Gasteiger partial charge in [-0.15, -0.1) is 0 Å². The van der Waals surface area contributed by atoms with Gasteiger partial charge in [-0.1, -0.05) is 19.1 Å². The second-order valence-corrected chi connectivity index (χ2v) is 4.25. The lowest BCUT2D eigenvalue weighted by Crippen LogP contribution is -2.15. The van der Waals surface area contributed by atoms with Crippen molar-refractivity contribution in [2.75, 3.05) is 13.1 Å². The number of rotatable bonds is 4. The van der Waals surface area contributed by atoms with Gasteiger partial charge < -0.3 is 9.73 Å². The molecule has 0 saturated heterocycles. The van der Waals surface area contributed by atoms with Gasteiger partial charge in [0.25, 0.3) is 0 Å². The molecule has 86 valence electrons. The molecule has 0 spiro atoms. The standard InChI is InChI=1S/C14H19NO/c1-4-15-8-7-12-9-16-14-11(3)10(2)5-6-13(12)14/h5-6,9,15H,4,7-8H2,1-3H3. The van der Waals surface area contributed by atoms with E-state index in [1.807, 2.05) is 6.26 Å². The number of nitrogens with one attached hydrogen (secondary N) is 1. The highest BCUT2D eigenvalue weighted by Crippen LogP contribution is 2.26. The second-order valence-electron chi connectivity index (χ2n) is 4.25. The Labute approximate surface area is 96.6 Å². The fourth-order valence-corrected chi connectivity index (χ4v) is 1.98. The minimum Gasteiger partial charge on any atom is -0.464 e. The quantitative estimate of drug-likeness (QED) is 0.796. The molecule has 0 bridgehead atoms. The lowest BCUT2D eigenvalue weighted by Gasteiger charge is -2.02. The van der Waals surface area contributed by atoms with Crippen molar-refractivity contribution in [2.24, 2.45) is 0 Å². The fraction of sp³-hybridized carbons (Fsp3) is 0.429. The molecule has 0 radical (unpaired) electrons. The Morgan fingerprint density at radius 2 is 2.06 bits per heavy atom. The van der Waals surface area contributed by atoms with Crippen molar-refractivity contribution >= 4 is 11.0 Å². The molecule has 0 aliphatic rings. The predicted octanol–water partition coefficient (Wildman–Crippen LogP) is 3.20. The maximum absolute atomic E-state index is 5.66. The smallest absolute Gasteiger partial charge is 0.137 e. The summed E-state index contributed by atoms with van der Waals surface area (Å²) in [7, 11) is 0. The molecule has 0 aliphatic carbocycles. The molecule has 1 aromatic carbocycles. The van der Waals surface area contributed by atoms with Crippen LogP contribution in [0.2, 0.25) is 0 Å². The first-order valence-electron chi connectivity index (χ1n) is 5.91. The summed E-state index contributed by atoms with van der Waals surface area (Å²) in [6.45, 7) is 8.40. The SMILES string of the molecule is CCNCCc1coc2c(C)c(C)ccc12. The largest absolute Gasteiger partial charge is 0.464 e. The lowest BCUT2D eigenvalue weighted by atomic mass is 10.0. The van der Waals surface area contributed by atoms with Crippen LogP contribution < -0.4 is 5.32 Å². The Hall–Kier alpha value is -1.28. The summed E-state index contributed by atoms with van der Waals surface area (Å²) >= 11 is 0. The Morgan fingerprint density at radius 1 is 1.25 bits per heavy atom. The fourth-order valence-electron chi connectivity index (χ4n) is 1.98. The van der Waals surface area contributed by atoms with Gasteiger partial charge in [-0.05, 0) is 50.0 Å². The zero-order valence-electron chi connectivity index (χ0n) is 10.3. The average Bonchev–Trinajstić information content (AvgIpc) is 2.68. The van der Waals surface area contributed by atoms with Crippen molar-refractivity contribution < 1.29 is 4.42 Å². The van der Waals surface area contributed by atoms with Crippen LogP contribution in [-0.4, -0.2) is 13.1 Å². The summed E-state index contributed by atoms with van der Waals surface area (Å²) in [6.07, 6.45) is 2.93. The molecule has 0 fully saturated rings. The summed E-state index contributed by atoms with van der Waals surface area (Å²) < 4.78 is 5.66. The summed E-state index contributed by atoms with van der Waals surface area (Å²) in [4.78, 5) is 0. The number of benzene rings is 1. The monoisotopic (exact) mass is 217 g/mol. The van der Waals surface area contributed by atoms with Gasteiger partial charge >= 0.3 is 0 Å². The zero-order valence-corrected chi connectivity index (χ0v) is 10.3. The molecule has 0 saturated carbocycles. The molecule has 0 atom stereocenters. The Kier molecular flexibility index (Phi) is 3.30. The molecule has 1 heterocycles. The Bertz CT molecular complexity index is 485. The minimum absolute atomic E-state index is 1.01. The minimum atomic E-state index is 1.01. The highest BCUT2D eigenvalue weighted by Gasteiger charge is 2.08. The van der Waals surface area contributed by atoms with E-state index in [9.17, 15) is 0 Å². The van der Waals surface area contributed by atoms with E-state index in [1.54, 1.807) is 0 Å². The second kappa shape index (κ2) is 4.71. The summed E-state index contributed by atoms with van der Waals surface area (Å²) in [6, 6.07) is 4.34. The van der Waals surface area contributed by atoms with Crippen molar-refractivity contribution in [3.8, 4) is 0 Å². The summed E-state index contributed by atoms with van der Waals surface area (Å²) in [5.41, 5.74) is 4.90. The number of hydrogen-bond acceptors (Lipinski definition) is 2. The summed E-state index contributed by atoms with van der Waals surface area (Å²) in [5.74, 6) is 0. The van der Waals surface area contributed by atoms with Gasteiger partial charge in [0.2, 0.25) is 0 Å². The number of likely N-dealkylation sites (N-methyl/N-ethyl adjacent to an activating group) is 1. The van der Waals surface area contributed by atoms with E-state index in [2.05, 4.69) is 38.2 Å². The Balaban J connectivity index is 2.31. The Morgan fingerprint density at radius 3 is 2.81 bits per heavy atom. The molecule has 2 heteroatoms. The highest BCUT2D eigenvalue weighted by molar-refractivity contribution is 5.84. The lowest BCUT2D eigenvalue weighted by molar-refractivity contribution is 0.604. The van der Waals surface area contributed by atoms with Crippen LogP contribution in [-0.2, 0) is 6.42 Å². The number of aryl methyl sites for hydroxylation is 2. The first-order valence-corrected chi connectivity index (χ1v) is 5.91. The van der Waals surface area contributed by atoms with E-state index in [4.69, 9.17) is 4.42 Å². The molecule has 1 N–H and O–H groups in total. The van der Waals surface area contributed by atoms with Crippen molar-refractivity contribution in [3.05, 3.63) is 35.1 Å². The van der Waals surface area contributed by atoms with Crippen LogP contribution in [0.4, 0.5) is 0 Å². The van der Waals surface area contributed by atoms with Crippen molar-refractivity contribution in [1.29, 1.82) is 0 Å². The van der Waals surface area contributed by atoms with Gasteiger partial charge in [-0.3, -0.25) is 0 Å². The van der Waals surface area contributed by atoms with E-state index in [-0.39, 0.29) is 0 Å². The molecule has 1 aromatic heterocycles. The first kappa shape index (κ1) is 11.2. The van der Waals surface area contributed by atoms with Crippen LogP contribution in [0.1, 0.15) is 23.6 Å². The van der Waals surface area contributed by atoms with Gasteiger partial charge in [-0.25, -0.2) is 0 Å². The number of hydrogen-bond donors (Lipinski definition) is 1. The van der Waals surface area contributed by atoms with Crippen LogP contribution in [0.3, 0.4) is 0 Å². The van der Waals surface area contributed by atoms with Crippen LogP contribution in [0, 0.1) is 13.8 Å². The maximum atomic E-state index is 5.66. The van der Waals surface area contributed by atoms with Crippen molar-refractivity contribution in [1.82, 2.24) is 5.32 Å². The van der Waals surface area contributed by atoms with E-state index < -0.39 is 0 Å². The van der Waals surface area contributed by atoms with Crippen LogP contribution >= 0.6 is 0 Å². The van der Waals surface area contributed by atoms with Gasteiger partial charge in [-0.2, -0.15) is 0 Å². The molecule has 2 nitrogen and oxygen atoms in total. The molecular formula is C14H19NO. The number of fused-ring (bicyclic) bond motifs is 1. The van der Waals surface area contributed by atoms with Crippen molar-refractivity contribution in [2.45, 2.75) is 27.2 Å². The summed E-state index contributed by atoms with van der Waals surface area (Å²) in [5, 5.41) is 4.60. The molecule has 2 rings (SSSR count). The van der Waals surface area contributed by atoms with E-state index in [0.717, 1.165) is 25.1 Å². The van der Waals surface area contributed by atoms with Crippen LogP contribution in [0.5, 0.6) is 0 Å². The predicted molar refractivity (Wildman–Crippen MR) is 67.9 cm³/mol. The number of furan rings is 1. The van der Waals surface area contributed by atoms with Gasteiger partial charge in [0.05, 0.1) is 6.26 Å². The highest BCUT2D eigenvalue weighted by atomic mass is 16.3. The van der Waals surface area contributed by atoms with E-state index >= 15 is 0 Å². The third kappa shape index (κ3) is 1.98. The third-order valence-corrected chi connectivity index (χ3v) is 3.16. The zero-order chi connectivity index (χ0) is 11.5. The average molecular weight is 217 g/mol. The third-order valence-electron chi connectivity index (χ3n) is 3.16. The van der Waals surface area contributed by atoms with E-state index in [1.165, 1.54) is 22.1 Å². The maximum Gasteiger partial charge on any atom is 0.137 e. The molecule has 0 unspecified atom stereocenters. The molecular weight excluding hydrogens is 198 g/mol. The normalized spacial score (nSPS) is 11.2. The topological polar surface area (TPSA) is 25.2 Å². The van der Waals surface area contributed by atoms with Gasteiger partial charge in [0.15, 0.2) is 0 Å². The van der Waals surface area contributed by atoms with Crippen LogP contribution in [0.25, 0.3) is 11.0 Å². The molecule has 0 aliphatic heterocycles. The molecule has 2 aromatic rings. The first-order chi connectivity index (χ1) is 7.74. The molecule has 0 amide bonds. The van der Waals surface area contributed by atoms with Gasteiger partial charge in [0.1, 0.15) is 5.58 Å². The van der Waals surface area contributed by atoms with E-state index in [0.29, 0.717) is 0 Å². The molecule has 16 heavy (non-hydrogen) atoms. The van der Waals surface area contributed by atoms with Crippen LogP contribution in [0.15, 0.2) is 22.8 Å². The van der Waals surface area contributed by atoms with Crippen molar-refractivity contribution in [3.63, 3.8) is 0 Å².